The zero-order valence-electron chi connectivity index (χ0n) is 9.96. The van der Waals surface area contributed by atoms with Gasteiger partial charge in [0.05, 0.1) is 7.11 Å². The molecule has 0 amide bonds. The average molecular weight is 243 g/mol. The summed E-state index contributed by atoms with van der Waals surface area (Å²) < 4.78 is 30.5. The molecule has 1 aromatic carbocycles. The van der Waals surface area contributed by atoms with Crippen LogP contribution in [0.5, 0.6) is 0 Å². The second-order valence-electron chi connectivity index (χ2n) is 3.95. The third-order valence-electron chi connectivity index (χ3n) is 2.21. The molecule has 0 bridgehead atoms. The van der Waals surface area contributed by atoms with Crippen molar-refractivity contribution in [1.29, 1.82) is 0 Å². The fraction of sp³-hybridized carbons (Fsp3) is 0.417. The van der Waals surface area contributed by atoms with Gasteiger partial charge in [0.25, 0.3) is 0 Å². The highest BCUT2D eigenvalue weighted by Gasteiger charge is 2.22. The summed E-state index contributed by atoms with van der Waals surface area (Å²) in [5, 5.41) is 2.93. The lowest BCUT2D eigenvalue weighted by atomic mass is 10.1. The molecule has 0 saturated carbocycles. The molecule has 1 rings (SSSR count). The standard InChI is InChI=1S/C12H15F2NO2/c1-7(2)15-11(12(16)17-3)8-4-5-9(13)10(14)6-8/h4-7,11,15H,1-3H3. The highest BCUT2D eigenvalue weighted by Crippen LogP contribution is 2.18. The first-order valence-electron chi connectivity index (χ1n) is 5.24. The Morgan fingerprint density at radius 3 is 2.41 bits per heavy atom. The van der Waals surface area contributed by atoms with E-state index in [0.717, 1.165) is 12.1 Å². The van der Waals surface area contributed by atoms with Gasteiger partial charge >= 0.3 is 5.97 Å². The molecule has 1 unspecified atom stereocenters. The molecular weight excluding hydrogens is 228 g/mol. The van der Waals surface area contributed by atoms with Gasteiger partial charge in [-0.15, -0.1) is 0 Å². The maximum Gasteiger partial charge on any atom is 0.327 e. The maximum absolute atomic E-state index is 13.1. The van der Waals surface area contributed by atoms with Gasteiger partial charge < -0.3 is 4.74 Å². The minimum atomic E-state index is -0.984. The van der Waals surface area contributed by atoms with E-state index in [0.29, 0.717) is 5.56 Å². The first kappa shape index (κ1) is 13.6. The molecule has 1 aromatic rings. The zero-order valence-corrected chi connectivity index (χ0v) is 9.96. The van der Waals surface area contributed by atoms with Gasteiger partial charge in [0, 0.05) is 6.04 Å². The van der Waals surface area contributed by atoms with Crippen LogP contribution in [0.25, 0.3) is 0 Å². The zero-order chi connectivity index (χ0) is 13.0. The van der Waals surface area contributed by atoms with Crippen LogP contribution in [0.2, 0.25) is 0 Å². The van der Waals surface area contributed by atoms with Crippen LogP contribution in [0.4, 0.5) is 8.78 Å². The Balaban J connectivity index is 3.03. The number of hydrogen-bond donors (Lipinski definition) is 1. The Hall–Kier alpha value is -1.49. The van der Waals surface area contributed by atoms with Gasteiger partial charge in [-0.3, -0.25) is 5.32 Å². The number of halogens is 2. The molecule has 0 heterocycles. The van der Waals surface area contributed by atoms with Crippen LogP contribution in [-0.2, 0) is 9.53 Å². The normalized spacial score (nSPS) is 12.6. The molecule has 17 heavy (non-hydrogen) atoms. The smallest absolute Gasteiger partial charge is 0.327 e. The first-order chi connectivity index (χ1) is 7.95. The molecule has 5 heteroatoms. The highest BCUT2D eigenvalue weighted by atomic mass is 19.2. The molecule has 0 saturated heterocycles. The van der Waals surface area contributed by atoms with Crippen molar-refractivity contribution >= 4 is 5.97 Å². The predicted molar refractivity (Wildman–Crippen MR) is 59.4 cm³/mol. The number of carbonyl (C=O) groups is 1. The number of methoxy groups -OCH3 is 1. The topological polar surface area (TPSA) is 38.3 Å². The number of nitrogens with one attached hydrogen (secondary N) is 1. The number of esters is 1. The number of hydrogen-bond acceptors (Lipinski definition) is 3. The Labute approximate surface area is 98.8 Å². The van der Waals surface area contributed by atoms with Gasteiger partial charge in [-0.05, 0) is 31.5 Å². The van der Waals surface area contributed by atoms with Gasteiger partial charge in [-0.2, -0.15) is 0 Å². The van der Waals surface area contributed by atoms with Gasteiger partial charge in [0.2, 0.25) is 0 Å². The summed E-state index contributed by atoms with van der Waals surface area (Å²) in [6.45, 7) is 3.69. The van der Waals surface area contributed by atoms with Crippen LogP contribution in [-0.4, -0.2) is 19.1 Å². The number of benzene rings is 1. The lowest BCUT2D eigenvalue weighted by Gasteiger charge is -2.19. The molecule has 94 valence electrons. The quantitative estimate of drug-likeness (QED) is 0.824. The molecule has 3 nitrogen and oxygen atoms in total. The van der Waals surface area contributed by atoms with Gasteiger partial charge in [-0.1, -0.05) is 6.07 Å². The minimum absolute atomic E-state index is 0.00668. The van der Waals surface area contributed by atoms with E-state index in [1.807, 2.05) is 13.8 Å². The van der Waals surface area contributed by atoms with Crippen LogP contribution < -0.4 is 5.32 Å². The van der Waals surface area contributed by atoms with E-state index in [1.54, 1.807) is 0 Å². The SMILES string of the molecule is COC(=O)C(NC(C)C)c1ccc(F)c(F)c1. The third-order valence-corrected chi connectivity index (χ3v) is 2.21. The fourth-order valence-electron chi connectivity index (χ4n) is 1.44. The molecule has 0 fully saturated rings. The van der Waals surface area contributed by atoms with Gasteiger partial charge in [0.15, 0.2) is 11.6 Å². The lowest BCUT2D eigenvalue weighted by molar-refractivity contribution is -0.143. The number of carbonyl (C=O) groups excluding carboxylic acids is 1. The molecule has 0 aromatic heterocycles. The number of rotatable bonds is 4. The van der Waals surface area contributed by atoms with Crippen molar-refractivity contribution in [3.63, 3.8) is 0 Å². The first-order valence-corrected chi connectivity index (χ1v) is 5.24. The summed E-state index contributed by atoms with van der Waals surface area (Å²) in [5.74, 6) is -2.46. The molecule has 1 atom stereocenters. The van der Waals surface area contributed by atoms with E-state index in [1.165, 1.54) is 13.2 Å². The Morgan fingerprint density at radius 2 is 1.94 bits per heavy atom. The van der Waals surface area contributed by atoms with Crippen molar-refractivity contribution in [2.75, 3.05) is 7.11 Å². The molecule has 0 aliphatic heterocycles. The van der Waals surface area contributed by atoms with Crippen molar-refractivity contribution in [2.45, 2.75) is 25.9 Å². The van der Waals surface area contributed by atoms with Crippen LogP contribution in [0.3, 0.4) is 0 Å². The lowest BCUT2D eigenvalue weighted by Crippen LogP contribution is -2.34. The van der Waals surface area contributed by atoms with Crippen LogP contribution >= 0.6 is 0 Å². The molecule has 0 spiro atoms. The average Bonchev–Trinajstić information content (AvgIpc) is 2.28. The van der Waals surface area contributed by atoms with Crippen molar-refractivity contribution in [1.82, 2.24) is 5.32 Å². The monoisotopic (exact) mass is 243 g/mol. The van der Waals surface area contributed by atoms with Crippen molar-refractivity contribution in [3.8, 4) is 0 Å². The summed E-state index contributed by atoms with van der Waals surface area (Å²) in [7, 11) is 1.25. The Kier molecular flexibility index (Phi) is 4.57. The second kappa shape index (κ2) is 5.72. The van der Waals surface area contributed by atoms with E-state index in [2.05, 4.69) is 10.1 Å². The maximum atomic E-state index is 13.1. The molecular formula is C12H15F2NO2. The van der Waals surface area contributed by atoms with Crippen molar-refractivity contribution in [2.24, 2.45) is 0 Å². The predicted octanol–water partition coefficient (Wildman–Crippen LogP) is 2.18. The van der Waals surface area contributed by atoms with E-state index >= 15 is 0 Å². The van der Waals surface area contributed by atoms with E-state index in [-0.39, 0.29) is 6.04 Å². The molecule has 0 aliphatic rings. The van der Waals surface area contributed by atoms with Crippen LogP contribution in [0.15, 0.2) is 18.2 Å². The van der Waals surface area contributed by atoms with Crippen LogP contribution in [0, 0.1) is 11.6 Å². The summed E-state index contributed by atoms with van der Waals surface area (Å²) in [5.41, 5.74) is 0.337. The van der Waals surface area contributed by atoms with Crippen LogP contribution in [0.1, 0.15) is 25.5 Å². The van der Waals surface area contributed by atoms with E-state index < -0.39 is 23.6 Å². The highest BCUT2D eigenvalue weighted by molar-refractivity contribution is 5.77. The minimum Gasteiger partial charge on any atom is -0.468 e. The Morgan fingerprint density at radius 1 is 1.29 bits per heavy atom. The largest absolute Gasteiger partial charge is 0.468 e. The third kappa shape index (κ3) is 3.49. The van der Waals surface area contributed by atoms with E-state index in [9.17, 15) is 13.6 Å². The van der Waals surface area contributed by atoms with Crippen molar-refractivity contribution in [3.05, 3.63) is 35.4 Å². The summed E-state index contributed by atoms with van der Waals surface area (Å²) in [4.78, 5) is 11.5. The van der Waals surface area contributed by atoms with Gasteiger partial charge in [-0.25, -0.2) is 13.6 Å². The van der Waals surface area contributed by atoms with E-state index in [4.69, 9.17) is 0 Å². The fourth-order valence-corrected chi connectivity index (χ4v) is 1.44. The Bertz CT molecular complexity index is 407. The summed E-state index contributed by atoms with van der Waals surface area (Å²) >= 11 is 0. The molecule has 0 radical (unpaired) electrons. The van der Waals surface area contributed by atoms with Crippen molar-refractivity contribution < 1.29 is 18.3 Å². The second-order valence-corrected chi connectivity index (χ2v) is 3.95. The molecule has 0 aliphatic carbocycles. The summed E-state index contributed by atoms with van der Waals surface area (Å²) in [6, 6.07) is 2.55. The molecule has 1 N–H and O–H groups in total. The van der Waals surface area contributed by atoms with Gasteiger partial charge in [0.1, 0.15) is 6.04 Å². The number of ether oxygens (including phenoxy) is 1. The summed E-state index contributed by atoms with van der Waals surface area (Å²) in [6.07, 6.45) is 0.